The van der Waals surface area contributed by atoms with Crippen molar-refractivity contribution in [2.75, 3.05) is 18.8 Å². The maximum Gasteiger partial charge on any atom is 0.239 e. The van der Waals surface area contributed by atoms with Crippen LogP contribution in [0, 0.1) is 0 Å². The van der Waals surface area contributed by atoms with Crippen molar-refractivity contribution in [2.45, 2.75) is 50.4 Å². The van der Waals surface area contributed by atoms with Gasteiger partial charge in [0.25, 0.3) is 0 Å². The van der Waals surface area contributed by atoms with Gasteiger partial charge >= 0.3 is 0 Å². The fraction of sp³-hybridized carbons (Fsp3) is 0.917. The van der Waals surface area contributed by atoms with E-state index in [9.17, 15) is 4.79 Å². The second-order valence-corrected chi connectivity index (χ2v) is 6.38. The Kier molecular flexibility index (Phi) is 4.14. The number of thioether (sulfide) groups is 1. The van der Waals surface area contributed by atoms with Gasteiger partial charge in [-0.1, -0.05) is 6.92 Å². The van der Waals surface area contributed by atoms with Gasteiger partial charge in [-0.15, -0.1) is 0 Å². The van der Waals surface area contributed by atoms with Gasteiger partial charge in [0.2, 0.25) is 5.91 Å². The van der Waals surface area contributed by atoms with Crippen molar-refractivity contribution in [3.05, 3.63) is 0 Å². The van der Waals surface area contributed by atoms with E-state index < -0.39 is 0 Å². The minimum atomic E-state index is -0.00995. The molecule has 3 unspecified atom stereocenters. The molecule has 0 spiro atoms. The molecule has 1 amide bonds. The van der Waals surface area contributed by atoms with E-state index >= 15 is 0 Å². The molecular formula is C12H22N2OS. The van der Waals surface area contributed by atoms with E-state index in [0.29, 0.717) is 17.2 Å². The molecular weight excluding hydrogens is 220 g/mol. The summed E-state index contributed by atoms with van der Waals surface area (Å²) < 4.78 is 0. The highest BCUT2D eigenvalue weighted by molar-refractivity contribution is 8.00. The normalized spacial score (nSPS) is 32.0. The zero-order valence-corrected chi connectivity index (χ0v) is 11.1. The van der Waals surface area contributed by atoms with Crippen LogP contribution in [0.15, 0.2) is 0 Å². The standard InChI is InChI=1S/C12H22N2OS/c1-9(12(15)14-6-3-4-7-14)13-11-5-8-16-10(11)2/h9-11,13H,3-8H2,1-2H3. The van der Waals surface area contributed by atoms with Gasteiger partial charge in [-0.25, -0.2) is 0 Å². The molecule has 92 valence electrons. The number of carbonyl (C=O) groups is 1. The zero-order chi connectivity index (χ0) is 11.5. The van der Waals surface area contributed by atoms with Crippen LogP contribution in [0.5, 0.6) is 0 Å². The largest absolute Gasteiger partial charge is 0.341 e. The lowest BCUT2D eigenvalue weighted by Crippen LogP contribution is -2.49. The van der Waals surface area contributed by atoms with Gasteiger partial charge in [0.05, 0.1) is 6.04 Å². The van der Waals surface area contributed by atoms with Crippen molar-refractivity contribution in [2.24, 2.45) is 0 Å². The molecule has 0 bridgehead atoms. The molecule has 0 saturated carbocycles. The maximum absolute atomic E-state index is 12.1. The SMILES string of the molecule is CC(NC1CCSC1C)C(=O)N1CCCC1. The topological polar surface area (TPSA) is 32.3 Å². The summed E-state index contributed by atoms with van der Waals surface area (Å²) in [5.41, 5.74) is 0. The van der Waals surface area contributed by atoms with Crippen LogP contribution in [0.2, 0.25) is 0 Å². The Balaban J connectivity index is 1.82. The van der Waals surface area contributed by atoms with E-state index in [2.05, 4.69) is 12.2 Å². The smallest absolute Gasteiger partial charge is 0.239 e. The highest BCUT2D eigenvalue weighted by Gasteiger charge is 2.29. The third kappa shape index (κ3) is 2.72. The minimum Gasteiger partial charge on any atom is -0.341 e. The van der Waals surface area contributed by atoms with Gasteiger partial charge in [-0.2, -0.15) is 11.8 Å². The molecule has 3 atom stereocenters. The van der Waals surface area contributed by atoms with Crippen LogP contribution in [-0.4, -0.2) is 47.0 Å². The van der Waals surface area contributed by atoms with Gasteiger partial charge in [0.15, 0.2) is 0 Å². The molecule has 16 heavy (non-hydrogen) atoms. The van der Waals surface area contributed by atoms with Gasteiger partial charge in [-0.3, -0.25) is 4.79 Å². The monoisotopic (exact) mass is 242 g/mol. The Morgan fingerprint density at radius 3 is 2.69 bits per heavy atom. The summed E-state index contributed by atoms with van der Waals surface area (Å²) >= 11 is 2.00. The zero-order valence-electron chi connectivity index (χ0n) is 10.2. The molecule has 2 aliphatic heterocycles. The predicted octanol–water partition coefficient (Wildman–Crippen LogP) is 1.48. The van der Waals surface area contributed by atoms with Crippen LogP contribution in [0.3, 0.4) is 0 Å². The van der Waals surface area contributed by atoms with Gasteiger partial charge < -0.3 is 10.2 Å². The van der Waals surface area contributed by atoms with Crippen molar-refractivity contribution < 1.29 is 4.79 Å². The minimum absolute atomic E-state index is 0.00995. The third-order valence-corrected chi connectivity index (χ3v) is 4.95. The number of likely N-dealkylation sites (tertiary alicyclic amines) is 1. The third-order valence-electron chi connectivity index (χ3n) is 3.63. The average molecular weight is 242 g/mol. The molecule has 0 aromatic heterocycles. The van der Waals surface area contributed by atoms with Crippen molar-refractivity contribution in [1.29, 1.82) is 0 Å². The Labute approximate surface area is 102 Å². The van der Waals surface area contributed by atoms with Crippen LogP contribution in [0.1, 0.15) is 33.1 Å². The van der Waals surface area contributed by atoms with Crippen LogP contribution in [0.25, 0.3) is 0 Å². The number of hydrogen-bond donors (Lipinski definition) is 1. The maximum atomic E-state index is 12.1. The predicted molar refractivity (Wildman–Crippen MR) is 68.7 cm³/mol. The highest BCUT2D eigenvalue weighted by Crippen LogP contribution is 2.26. The van der Waals surface area contributed by atoms with Crippen molar-refractivity contribution >= 4 is 17.7 Å². The summed E-state index contributed by atoms with van der Waals surface area (Å²) in [6, 6.07) is 0.510. The molecule has 3 nitrogen and oxygen atoms in total. The number of carbonyl (C=O) groups excluding carboxylic acids is 1. The molecule has 4 heteroatoms. The summed E-state index contributed by atoms with van der Waals surface area (Å²) in [6.07, 6.45) is 3.55. The Morgan fingerprint density at radius 2 is 2.12 bits per heavy atom. The average Bonchev–Trinajstić information content (AvgIpc) is 2.89. The molecule has 0 aromatic rings. The summed E-state index contributed by atoms with van der Waals surface area (Å²) in [5, 5.41) is 4.14. The van der Waals surface area contributed by atoms with E-state index in [-0.39, 0.29) is 6.04 Å². The lowest BCUT2D eigenvalue weighted by Gasteiger charge is -2.25. The molecule has 0 aliphatic carbocycles. The molecule has 2 saturated heterocycles. The molecule has 2 heterocycles. The first kappa shape index (κ1) is 12.2. The first-order valence-electron chi connectivity index (χ1n) is 6.35. The summed E-state index contributed by atoms with van der Waals surface area (Å²) in [6.45, 7) is 6.18. The molecule has 2 fully saturated rings. The second kappa shape index (κ2) is 5.41. The molecule has 2 rings (SSSR count). The second-order valence-electron chi connectivity index (χ2n) is 4.89. The summed E-state index contributed by atoms with van der Waals surface area (Å²) in [4.78, 5) is 14.1. The van der Waals surface area contributed by atoms with Gasteiger partial charge in [0, 0.05) is 24.4 Å². The fourth-order valence-corrected chi connectivity index (χ4v) is 3.76. The molecule has 2 aliphatic rings. The van der Waals surface area contributed by atoms with Crippen LogP contribution in [-0.2, 0) is 4.79 Å². The Hall–Kier alpha value is -0.220. The van der Waals surface area contributed by atoms with Crippen LogP contribution in [0.4, 0.5) is 0 Å². The quantitative estimate of drug-likeness (QED) is 0.813. The van der Waals surface area contributed by atoms with Crippen LogP contribution >= 0.6 is 11.8 Å². The van der Waals surface area contributed by atoms with Crippen LogP contribution < -0.4 is 5.32 Å². The molecule has 0 aromatic carbocycles. The first-order chi connectivity index (χ1) is 7.68. The molecule has 1 N–H and O–H groups in total. The van der Waals surface area contributed by atoms with E-state index in [0.717, 1.165) is 13.1 Å². The first-order valence-corrected chi connectivity index (χ1v) is 7.40. The number of nitrogens with one attached hydrogen (secondary N) is 1. The van der Waals surface area contributed by atoms with E-state index in [1.807, 2.05) is 23.6 Å². The van der Waals surface area contributed by atoms with Crippen molar-refractivity contribution in [3.8, 4) is 0 Å². The summed E-state index contributed by atoms with van der Waals surface area (Å²) in [7, 11) is 0. The van der Waals surface area contributed by atoms with E-state index in [4.69, 9.17) is 0 Å². The van der Waals surface area contributed by atoms with E-state index in [1.54, 1.807) is 0 Å². The number of amides is 1. The van der Waals surface area contributed by atoms with E-state index in [1.165, 1.54) is 25.0 Å². The number of hydrogen-bond acceptors (Lipinski definition) is 3. The van der Waals surface area contributed by atoms with Crippen molar-refractivity contribution in [1.82, 2.24) is 10.2 Å². The fourth-order valence-electron chi connectivity index (χ4n) is 2.55. The Morgan fingerprint density at radius 1 is 1.44 bits per heavy atom. The van der Waals surface area contributed by atoms with Gasteiger partial charge in [-0.05, 0) is 31.9 Å². The van der Waals surface area contributed by atoms with Gasteiger partial charge in [0.1, 0.15) is 0 Å². The number of rotatable bonds is 3. The lowest BCUT2D eigenvalue weighted by molar-refractivity contribution is -0.132. The highest BCUT2D eigenvalue weighted by atomic mass is 32.2. The Bertz CT molecular complexity index is 253. The van der Waals surface area contributed by atoms with Crippen molar-refractivity contribution in [3.63, 3.8) is 0 Å². The lowest BCUT2D eigenvalue weighted by atomic mass is 10.1. The number of nitrogens with zero attached hydrogens (tertiary/aromatic N) is 1. The summed E-state index contributed by atoms with van der Waals surface area (Å²) in [5.74, 6) is 1.52. The molecule has 0 radical (unpaired) electrons.